The van der Waals surface area contributed by atoms with E-state index >= 15 is 0 Å². The van der Waals surface area contributed by atoms with E-state index in [-0.39, 0.29) is 16.4 Å². The lowest BCUT2D eigenvalue weighted by atomic mass is 10.0. The lowest BCUT2D eigenvalue weighted by Gasteiger charge is -2.05. The van der Waals surface area contributed by atoms with Crippen LogP contribution in [0.25, 0.3) is 21.8 Å². The van der Waals surface area contributed by atoms with Crippen LogP contribution in [0.3, 0.4) is 0 Å². The highest BCUT2D eigenvalue weighted by molar-refractivity contribution is 7.13. The Balaban J connectivity index is 2.29. The van der Waals surface area contributed by atoms with Gasteiger partial charge in [0.25, 0.3) is 0 Å². The fourth-order valence-corrected chi connectivity index (χ4v) is 2.82. The molecule has 3 nitrogen and oxygen atoms in total. The number of nitrogens with two attached hydrogens (primary N) is 1. The van der Waals surface area contributed by atoms with Crippen molar-refractivity contribution in [3.05, 3.63) is 46.6 Å². The summed E-state index contributed by atoms with van der Waals surface area (Å²) in [5.41, 5.74) is 6.40. The molecule has 3 aromatic rings. The third-order valence-corrected chi connectivity index (χ3v) is 3.86. The zero-order chi connectivity index (χ0) is 13.4. The minimum absolute atomic E-state index is 0.121. The van der Waals surface area contributed by atoms with E-state index in [0.29, 0.717) is 11.3 Å². The average molecular weight is 295 g/mol. The summed E-state index contributed by atoms with van der Waals surface area (Å²) in [5.74, 6) is 0.0927. The summed E-state index contributed by atoms with van der Waals surface area (Å²) in [6.45, 7) is 0. The maximum absolute atomic E-state index is 14.0. The van der Waals surface area contributed by atoms with Gasteiger partial charge in [-0.1, -0.05) is 28.9 Å². The Labute approximate surface area is 117 Å². The van der Waals surface area contributed by atoms with Crippen LogP contribution in [0.2, 0.25) is 5.02 Å². The highest BCUT2D eigenvalue weighted by atomic mass is 35.5. The van der Waals surface area contributed by atoms with Gasteiger partial charge in [-0.2, -0.15) is 0 Å². The summed E-state index contributed by atoms with van der Waals surface area (Å²) >= 11 is 7.52. The van der Waals surface area contributed by atoms with Crippen molar-refractivity contribution < 1.29 is 8.91 Å². The Kier molecular flexibility index (Phi) is 3.00. The monoisotopic (exact) mass is 294 g/mol. The number of nitrogen functional groups attached to an aromatic ring is 1. The largest absolute Gasteiger partial charge is 0.380 e. The predicted molar refractivity (Wildman–Crippen MR) is 74.6 cm³/mol. The van der Waals surface area contributed by atoms with Gasteiger partial charge in [-0.25, -0.2) is 4.39 Å². The molecule has 3 rings (SSSR count). The van der Waals surface area contributed by atoms with Gasteiger partial charge in [0.1, 0.15) is 5.82 Å². The van der Waals surface area contributed by atoms with Crippen molar-refractivity contribution >= 4 is 28.8 Å². The van der Waals surface area contributed by atoms with Crippen molar-refractivity contribution in [2.75, 3.05) is 5.73 Å². The third kappa shape index (κ3) is 2.01. The second-order valence-electron chi connectivity index (χ2n) is 3.85. The molecule has 0 radical (unpaired) electrons. The maximum Gasteiger partial charge on any atom is 0.187 e. The average Bonchev–Trinajstić information content (AvgIpc) is 2.99. The molecule has 0 spiro atoms. The zero-order valence-electron chi connectivity index (χ0n) is 9.56. The minimum Gasteiger partial charge on any atom is -0.380 e. The van der Waals surface area contributed by atoms with E-state index in [9.17, 15) is 4.39 Å². The Bertz CT molecular complexity index is 704. The van der Waals surface area contributed by atoms with Gasteiger partial charge in [0.15, 0.2) is 11.6 Å². The fourth-order valence-electron chi connectivity index (χ4n) is 1.86. The van der Waals surface area contributed by atoms with Gasteiger partial charge in [0.05, 0.1) is 15.5 Å². The van der Waals surface area contributed by atoms with E-state index in [0.717, 1.165) is 4.88 Å². The minimum atomic E-state index is -0.458. The molecule has 6 heteroatoms. The van der Waals surface area contributed by atoms with Crippen LogP contribution in [0, 0.1) is 5.82 Å². The molecule has 0 fully saturated rings. The number of anilines is 1. The first-order valence-electron chi connectivity index (χ1n) is 5.42. The molecule has 0 atom stereocenters. The second kappa shape index (κ2) is 4.68. The molecule has 19 heavy (non-hydrogen) atoms. The van der Waals surface area contributed by atoms with E-state index in [1.165, 1.54) is 23.5 Å². The lowest BCUT2D eigenvalue weighted by molar-refractivity contribution is 0.437. The molecule has 0 bridgehead atoms. The fraction of sp³-hybridized carbons (Fsp3) is 0. The van der Waals surface area contributed by atoms with E-state index in [2.05, 4.69) is 5.16 Å². The maximum atomic E-state index is 14.0. The molecular weight excluding hydrogens is 287 g/mol. The van der Waals surface area contributed by atoms with E-state index in [1.807, 2.05) is 17.5 Å². The lowest BCUT2D eigenvalue weighted by Crippen LogP contribution is -1.92. The zero-order valence-corrected chi connectivity index (χ0v) is 11.1. The number of halogens is 2. The van der Waals surface area contributed by atoms with Crippen LogP contribution in [0.4, 0.5) is 10.2 Å². The van der Waals surface area contributed by atoms with Crippen molar-refractivity contribution in [1.82, 2.24) is 5.16 Å². The van der Waals surface area contributed by atoms with Gasteiger partial charge in [0.2, 0.25) is 0 Å². The standard InChI is InChI=1S/C13H8ClFN2OS/c14-7-3-1-4-8(15)10(7)11-12(18-17-13(11)16)9-5-2-6-19-9/h1-6H,(H2,16,17). The van der Waals surface area contributed by atoms with Crippen LogP contribution in [-0.2, 0) is 0 Å². The molecule has 0 saturated heterocycles. The highest BCUT2D eigenvalue weighted by Gasteiger charge is 2.23. The van der Waals surface area contributed by atoms with Crippen molar-refractivity contribution in [3.8, 4) is 21.8 Å². The van der Waals surface area contributed by atoms with Gasteiger partial charge in [0, 0.05) is 5.56 Å². The molecule has 1 aromatic carbocycles. The molecule has 0 aliphatic rings. The van der Waals surface area contributed by atoms with Crippen LogP contribution in [0.15, 0.2) is 40.2 Å². The molecule has 2 N–H and O–H groups in total. The molecule has 0 unspecified atom stereocenters. The Morgan fingerprint density at radius 1 is 1.21 bits per heavy atom. The number of rotatable bonds is 2. The molecule has 0 aliphatic carbocycles. The molecule has 2 heterocycles. The SMILES string of the molecule is Nc1noc(-c2cccs2)c1-c1c(F)cccc1Cl. The Hall–Kier alpha value is -1.85. The number of aromatic nitrogens is 1. The molecule has 0 amide bonds. The van der Waals surface area contributed by atoms with Gasteiger partial charge >= 0.3 is 0 Å². The predicted octanol–water partition coefficient (Wildman–Crippen LogP) is 4.44. The Morgan fingerprint density at radius 2 is 2.05 bits per heavy atom. The smallest absolute Gasteiger partial charge is 0.187 e. The number of hydrogen-bond acceptors (Lipinski definition) is 4. The van der Waals surface area contributed by atoms with Gasteiger partial charge in [-0.3, -0.25) is 0 Å². The number of benzene rings is 1. The number of hydrogen-bond donors (Lipinski definition) is 1. The van der Waals surface area contributed by atoms with Crippen LogP contribution >= 0.6 is 22.9 Å². The molecule has 0 saturated carbocycles. The first kappa shape index (κ1) is 12.2. The summed E-state index contributed by atoms with van der Waals surface area (Å²) in [4.78, 5) is 0.818. The molecular formula is C13H8ClFN2OS. The van der Waals surface area contributed by atoms with Crippen molar-refractivity contribution in [2.45, 2.75) is 0 Å². The van der Waals surface area contributed by atoms with Crippen LogP contribution in [0.5, 0.6) is 0 Å². The van der Waals surface area contributed by atoms with Gasteiger partial charge in [-0.05, 0) is 23.6 Å². The van der Waals surface area contributed by atoms with E-state index in [4.69, 9.17) is 21.9 Å². The highest BCUT2D eigenvalue weighted by Crippen LogP contribution is 2.42. The number of thiophene rings is 1. The van der Waals surface area contributed by atoms with E-state index in [1.54, 1.807) is 6.07 Å². The summed E-state index contributed by atoms with van der Waals surface area (Å²) in [6, 6.07) is 8.18. The van der Waals surface area contributed by atoms with Gasteiger partial charge in [-0.15, -0.1) is 11.3 Å². The Morgan fingerprint density at radius 3 is 2.74 bits per heavy atom. The van der Waals surface area contributed by atoms with Gasteiger partial charge < -0.3 is 10.3 Å². The summed E-state index contributed by atoms with van der Waals surface area (Å²) in [5, 5.41) is 5.88. The first-order chi connectivity index (χ1) is 9.18. The van der Waals surface area contributed by atoms with Crippen molar-refractivity contribution in [3.63, 3.8) is 0 Å². The summed E-state index contributed by atoms with van der Waals surface area (Å²) < 4.78 is 19.2. The third-order valence-electron chi connectivity index (χ3n) is 2.68. The second-order valence-corrected chi connectivity index (χ2v) is 5.20. The number of nitrogens with zero attached hydrogens (tertiary/aromatic N) is 1. The van der Waals surface area contributed by atoms with Crippen LogP contribution in [0.1, 0.15) is 0 Å². The normalized spacial score (nSPS) is 10.8. The van der Waals surface area contributed by atoms with Crippen molar-refractivity contribution in [1.29, 1.82) is 0 Å². The topological polar surface area (TPSA) is 52.0 Å². The summed E-state index contributed by atoms with van der Waals surface area (Å²) in [6.07, 6.45) is 0. The van der Waals surface area contributed by atoms with Crippen molar-refractivity contribution in [2.24, 2.45) is 0 Å². The molecule has 2 aromatic heterocycles. The molecule has 0 aliphatic heterocycles. The van der Waals surface area contributed by atoms with E-state index < -0.39 is 5.82 Å². The molecule has 96 valence electrons. The van der Waals surface area contributed by atoms with Crippen LogP contribution < -0.4 is 5.73 Å². The quantitative estimate of drug-likeness (QED) is 0.760. The summed E-state index contributed by atoms with van der Waals surface area (Å²) in [7, 11) is 0. The first-order valence-corrected chi connectivity index (χ1v) is 6.67. The van der Waals surface area contributed by atoms with Crippen LogP contribution in [-0.4, -0.2) is 5.16 Å².